The van der Waals surface area contributed by atoms with Crippen molar-refractivity contribution >= 4 is 29.2 Å². The van der Waals surface area contributed by atoms with Crippen molar-refractivity contribution in [2.45, 2.75) is 26.8 Å². The van der Waals surface area contributed by atoms with Crippen molar-refractivity contribution in [3.63, 3.8) is 0 Å². The summed E-state index contributed by atoms with van der Waals surface area (Å²) in [7, 11) is 0. The first kappa shape index (κ1) is 16.2. The zero-order valence-corrected chi connectivity index (χ0v) is 12.5. The molecular weight excluding hydrogens is 280 g/mol. The fraction of sp³-hybridized carbons (Fsp3) is 0.462. The molecule has 0 fully saturated rings. The molecule has 1 heterocycles. The summed E-state index contributed by atoms with van der Waals surface area (Å²) in [5, 5.41) is 8.44. The number of hydrogen-bond acceptors (Lipinski definition) is 4. The third-order valence-corrected chi connectivity index (χ3v) is 2.62. The van der Waals surface area contributed by atoms with E-state index in [9.17, 15) is 9.59 Å². The molecule has 3 N–H and O–H groups in total. The SMILES string of the molecule is CCNc1cc(C(=O)NCC(=O)NC(C)C)c(Cl)cn1. The van der Waals surface area contributed by atoms with Crippen LogP contribution in [0.25, 0.3) is 0 Å². The van der Waals surface area contributed by atoms with Crippen LogP contribution < -0.4 is 16.0 Å². The fourth-order valence-electron chi connectivity index (χ4n) is 1.52. The second-order valence-corrected chi connectivity index (χ2v) is 4.89. The molecular formula is C13H19ClN4O2. The maximum atomic E-state index is 12.0. The molecule has 2 amide bonds. The van der Waals surface area contributed by atoms with Crippen LogP contribution in [0.15, 0.2) is 12.3 Å². The summed E-state index contributed by atoms with van der Waals surface area (Å²) >= 11 is 5.94. The van der Waals surface area contributed by atoms with E-state index in [2.05, 4.69) is 20.9 Å². The van der Waals surface area contributed by atoms with Gasteiger partial charge in [0.05, 0.1) is 17.1 Å². The van der Waals surface area contributed by atoms with Crippen molar-refractivity contribution in [1.29, 1.82) is 0 Å². The second-order valence-electron chi connectivity index (χ2n) is 4.48. The molecule has 6 nitrogen and oxygen atoms in total. The predicted octanol–water partition coefficient (Wildman–Crippen LogP) is 1.42. The molecule has 0 saturated carbocycles. The van der Waals surface area contributed by atoms with Gasteiger partial charge < -0.3 is 16.0 Å². The first-order valence-electron chi connectivity index (χ1n) is 6.41. The van der Waals surface area contributed by atoms with Crippen molar-refractivity contribution in [2.75, 3.05) is 18.4 Å². The van der Waals surface area contributed by atoms with Crippen LogP contribution in [0.1, 0.15) is 31.1 Å². The number of rotatable bonds is 6. The van der Waals surface area contributed by atoms with Crippen LogP contribution in [0, 0.1) is 0 Å². The van der Waals surface area contributed by atoms with E-state index in [1.54, 1.807) is 6.07 Å². The van der Waals surface area contributed by atoms with E-state index in [-0.39, 0.29) is 29.1 Å². The van der Waals surface area contributed by atoms with Gasteiger partial charge in [0.2, 0.25) is 5.91 Å². The summed E-state index contributed by atoms with van der Waals surface area (Å²) in [5.74, 6) is -0.0884. The van der Waals surface area contributed by atoms with Crippen molar-refractivity contribution in [3.8, 4) is 0 Å². The van der Waals surface area contributed by atoms with Crippen LogP contribution in [0.4, 0.5) is 5.82 Å². The Morgan fingerprint density at radius 1 is 1.40 bits per heavy atom. The molecule has 1 aromatic rings. The highest BCUT2D eigenvalue weighted by Gasteiger charge is 2.13. The molecule has 0 atom stereocenters. The van der Waals surface area contributed by atoms with E-state index in [0.717, 1.165) is 0 Å². The van der Waals surface area contributed by atoms with Crippen molar-refractivity contribution in [2.24, 2.45) is 0 Å². The third-order valence-electron chi connectivity index (χ3n) is 2.32. The minimum Gasteiger partial charge on any atom is -0.370 e. The number of halogens is 1. The molecule has 20 heavy (non-hydrogen) atoms. The first-order chi connectivity index (χ1) is 9.43. The Morgan fingerprint density at radius 3 is 2.70 bits per heavy atom. The highest BCUT2D eigenvalue weighted by Crippen LogP contribution is 2.17. The van der Waals surface area contributed by atoms with Crippen LogP contribution in [0.2, 0.25) is 5.02 Å². The lowest BCUT2D eigenvalue weighted by molar-refractivity contribution is -0.120. The molecule has 1 rings (SSSR count). The van der Waals surface area contributed by atoms with E-state index in [1.807, 2.05) is 20.8 Å². The quantitative estimate of drug-likeness (QED) is 0.742. The van der Waals surface area contributed by atoms with Crippen LogP contribution in [0.5, 0.6) is 0 Å². The normalized spacial score (nSPS) is 10.2. The number of nitrogens with zero attached hydrogens (tertiary/aromatic N) is 1. The van der Waals surface area contributed by atoms with E-state index in [1.165, 1.54) is 6.20 Å². The zero-order valence-electron chi connectivity index (χ0n) is 11.8. The molecule has 0 aliphatic carbocycles. The summed E-state index contributed by atoms with van der Waals surface area (Å²) < 4.78 is 0. The van der Waals surface area contributed by atoms with Crippen LogP contribution in [0.3, 0.4) is 0 Å². The number of aromatic nitrogens is 1. The average Bonchev–Trinajstić information content (AvgIpc) is 2.37. The van der Waals surface area contributed by atoms with Gasteiger partial charge in [0, 0.05) is 18.8 Å². The van der Waals surface area contributed by atoms with Crippen molar-refractivity contribution in [3.05, 3.63) is 22.8 Å². The minimum absolute atomic E-state index is 0.0317. The van der Waals surface area contributed by atoms with Crippen LogP contribution >= 0.6 is 11.6 Å². The lowest BCUT2D eigenvalue weighted by atomic mass is 10.2. The van der Waals surface area contributed by atoms with E-state index >= 15 is 0 Å². The number of hydrogen-bond donors (Lipinski definition) is 3. The molecule has 0 bridgehead atoms. The van der Waals surface area contributed by atoms with E-state index < -0.39 is 5.91 Å². The maximum absolute atomic E-state index is 12.0. The summed E-state index contributed by atoms with van der Waals surface area (Å²) in [6, 6.07) is 1.59. The fourth-order valence-corrected chi connectivity index (χ4v) is 1.71. The molecule has 0 aliphatic heterocycles. The lowest BCUT2D eigenvalue weighted by Crippen LogP contribution is -2.39. The molecule has 0 unspecified atom stereocenters. The molecule has 0 radical (unpaired) electrons. The Labute approximate surface area is 123 Å². The molecule has 0 saturated heterocycles. The maximum Gasteiger partial charge on any atom is 0.253 e. The zero-order chi connectivity index (χ0) is 15.1. The topological polar surface area (TPSA) is 83.1 Å². The van der Waals surface area contributed by atoms with Gasteiger partial charge in [-0.25, -0.2) is 4.98 Å². The number of nitrogens with one attached hydrogen (secondary N) is 3. The first-order valence-corrected chi connectivity index (χ1v) is 6.78. The standard InChI is InChI=1S/C13H19ClN4O2/c1-4-15-11-5-9(10(14)6-16-11)13(20)17-7-12(19)18-8(2)3/h5-6,8H,4,7H2,1-3H3,(H,15,16)(H,17,20)(H,18,19). The molecule has 0 aliphatic rings. The van der Waals surface area contributed by atoms with Gasteiger partial charge in [0.1, 0.15) is 5.82 Å². The van der Waals surface area contributed by atoms with Gasteiger partial charge in [0.15, 0.2) is 0 Å². The highest BCUT2D eigenvalue weighted by atomic mass is 35.5. The number of pyridine rings is 1. The lowest BCUT2D eigenvalue weighted by Gasteiger charge is -2.10. The van der Waals surface area contributed by atoms with E-state index in [0.29, 0.717) is 12.4 Å². The van der Waals surface area contributed by atoms with E-state index in [4.69, 9.17) is 11.6 Å². The largest absolute Gasteiger partial charge is 0.370 e. The number of anilines is 1. The van der Waals surface area contributed by atoms with Crippen molar-refractivity contribution < 1.29 is 9.59 Å². The number of carbonyl (C=O) groups excluding carboxylic acids is 2. The average molecular weight is 299 g/mol. The molecule has 0 spiro atoms. The van der Waals surface area contributed by atoms with Crippen LogP contribution in [-0.2, 0) is 4.79 Å². The van der Waals surface area contributed by atoms with Gasteiger partial charge in [0.25, 0.3) is 5.91 Å². The predicted molar refractivity (Wildman–Crippen MR) is 79.0 cm³/mol. The van der Waals surface area contributed by atoms with Gasteiger partial charge in [-0.15, -0.1) is 0 Å². The van der Waals surface area contributed by atoms with Crippen molar-refractivity contribution in [1.82, 2.24) is 15.6 Å². The molecule has 7 heteroatoms. The Hall–Kier alpha value is -1.82. The highest BCUT2D eigenvalue weighted by molar-refractivity contribution is 6.33. The third kappa shape index (κ3) is 5.05. The summed E-state index contributed by atoms with van der Waals surface area (Å²) in [4.78, 5) is 27.5. The van der Waals surface area contributed by atoms with Crippen LogP contribution in [-0.4, -0.2) is 35.9 Å². The summed E-state index contributed by atoms with van der Waals surface area (Å²) in [5.41, 5.74) is 0.287. The molecule has 0 aromatic carbocycles. The van der Waals surface area contributed by atoms with Gasteiger partial charge in [-0.05, 0) is 26.8 Å². The molecule has 1 aromatic heterocycles. The van der Waals surface area contributed by atoms with Gasteiger partial charge in [-0.2, -0.15) is 0 Å². The number of carbonyl (C=O) groups is 2. The van der Waals surface area contributed by atoms with Gasteiger partial charge in [-0.1, -0.05) is 11.6 Å². The smallest absolute Gasteiger partial charge is 0.253 e. The number of amides is 2. The Bertz CT molecular complexity index is 491. The summed E-state index contributed by atoms with van der Waals surface area (Å²) in [6.07, 6.45) is 1.41. The second kappa shape index (κ2) is 7.69. The molecule has 110 valence electrons. The van der Waals surface area contributed by atoms with Gasteiger partial charge in [-0.3, -0.25) is 9.59 Å². The summed E-state index contributed by atoms with van der Waals surface area (Å²) in [6.45, 7) is 6.22. The Morgan fingerprint density at radius 2 is 2.10 bits per heavy atom. The Balaban J connectivity index is 2.67. The Kier molecular flexibility index (Phi) is 6.24. The monoisotopic (exact) mass is 298 g/mol. The van der Waals surface area contributed by atoms with Gasteiger partial charge >= 0.3 is 0 Å². The minimum atomic E-state index is -0.407.